The van der Waals surface area contributed by atoms with Crippen LogP contribution in [0.2, 0.25) is 0 Å². The van der Waals surface area contributed by atoms with Gasteiger partial charge in [-0.3, -0.25) is 9.59 Å². The molecule has 5 heteroatoms. The second kappa shape index (κ2) is 7.54. The van der Waals surface area contributed by atoms with Crippen LogP contribution in [0.5, 0.6) is 0 Å². The summed E-state index contributed by atoms with van der Waals surface area (Å²) >= 11 is 5.59. The molecule has 1 atom stereocenters. The standard InChI is InChI=1S/C12H21ClN2O2/c1-9(13)11(16)14-7-8-15-12(17)10-5-3-2-4-6-10/h9-10H,2-8H2,1H3,(H,14,16)(H,15,17). The number of halogens is 1. The molecule has 17 heavy (non-hydrogen) atoms. The molecule has 4 nitrogen and oxygen atoms in total. The fourth-order valence-electron chi connectivity index (χ4n) is 2.02. The summed E-state index contributed by atoms with van der Waals surface area (Å²) in [7, 11) is 0. The molecule has 0 aromatic heterocycles. The van der Waals surface area contributed by atoms with Crippen molar-refractivity contribution in [3.63, 3.8) is 0 Å². The molecule has 0 radical (unpaired) electrons. The summed E-state index contributed by atoms with van der Waals surface area (Å²) in [4.78, 5) is 22.9. The molecule has 0 aromatic rings. The highest BCUT2D eigenvalue weighted by Gasteiger charge is 2.20. The number of amides is 2. The molecule has 1 aliphatic carbocycles. The SMILES string of the molecule is CC(Cl)C(=O)NCCNC(=O)C1CCCCC1. The lowest BCUT2D eigenvalue weighted by Gasteiger charge is -2.20. The maximum Gasteiger partial charge on any atom is 0.237 e. The molecule has 0 heterocycles. The zero-order valence-electron chi connectivity index (χ0n) is 10.3. The number of carbonyl (C=O) groups excluding carboxylic acids is 2. The predicted octanol–water partition coefficient (Wildman–Crippen LogP) is 1.43. The van der Waals surface area contributed by atoms with Gasteiger partial charge >= 0.3 is 0 Å². The van der Waals surface area contributed by atoms with E-state index < -0.39 is 5.38 Å². The largest absolute Gasteiger partial charge is 0.354 e. The van der Waals surface area contributed by atoms with Crippen molar-refractivity contribution >= 4 is 23.4 Å². The topological polar surface area (TPSA) is 58.2 Å². The van der Waals surface area contributed by atoms with Crippen molar-refractivity contribution in [2.45, 2.75) is 44.4 Å². The first kappa shape index (κ1) is 14.3. The minimum absolute atomic E-state index is 0.123. The summed E-state index contributed by atoms with van der Waals surface area (Å²) in [6.07, 6.45) is 5.54. The Kier molecular flexibility index (Phi) is 6.34. The molecule has 0 spiro atoms. The summed E-state index contributed by atoms with van der Waals surface area (Å²) in [5.74, 6) is 0.0999. The molecule has 1 unspecified atom stereocenters. The van der Waals surface area contributed by atoms with Crippen LogP contribution in [-0.2, 0) is 9.59 Å². The number of rotatable bonds is 5. The van der Waals surface area contributed by atoms with Gasteiger partial charge in [-0.15, -0.1) is 11.6 Å². The number of nitrogens with one attached hydrogen (secondary N) is 2. The third-order valence-electron chi connectivity index (χ3n) is 3.06. The summed E-state index contributed by atoms with van der Waals surface area (Å²) in [6, 6.07) is 0. The zero-order valence-corrected chi connectivity index (χ0v) is 11.1. The van der Waals surface area contributed by atoms with Crippen molar-refractivity contribution in [3.05, 3.63) is 0 Å². The third-order valence-corrected chi connectivity index (χ3v) is 3.26. The zero-order chi connectivity index (χ0) is 12.7. The van der Waals surface area contributed by atoms with Gasteiger partial charge in [-0.1, -0.05) is 19.3 Å². The van der Waals surface area contributed by atoms with Gasteiger partial charge in [0.2, 0.25) is 11.8 Å². The van der Waals surface area contributed by atoms with Gasteiger partial charge in [0.05, 0.1) is 0 Å². The van der Waals surface area contributed by atoms with Crippen LogP contribution < -0.4 is 10.6 Å². The van der Waals surface area contributed by atoms with E-state index in [4.69, 9.17) is 11.6 Å². The van der Waals surface area contributed by atoms with Crippen LogP contribution in [0.3, 0.4) is 0 Å². The maximum atomic E-state index is 11.7. The molecule has 2 N–H and O–H groups in total. The van der Waals surface area contributed by atoms with Crippen LogP contribution in [0.25, 0.3) is 0 Å². The van der Waals surface area contributed by atoms with Crippen LogP contribution in [0, 0.1) is 5.92 Å². The fourth-order valence-corrected chi connectivity index (χ4v) is 2.10. The normalized spacial score (nSPS) is 18.5. The Labute approximate surface area is 107 Å². The Balaban J connectivity index is 2.09. The van der Waals surface area contributed by atoms with E-state index in [1.807, 2.05) is 0 Å². The summed E-state index contributed by atoms with van der Waals surface area (Å²) in [6.45, 7) is 2.54. The van der Waals surface area contributed by atoms with Crippen LogP contribution in [0.4, 0.5) is 0 Å². The van der Waals surface area contributed by atoms with Crippen molar-refractivity contribution in [1.29, 1.82) is 0 Å². The van der Waals surface area contributed by atoms with E-state index >= 15 is 0 Å². The van der Waals surface area contributed by atoms with Gasteiger partial charge in [-0.05, 0) is 19.8 Å². The quantitative estimate of drug-likeness (QED) is 0.580. The summed E-state index contributed by atoms with van der Waals surface area (Å²) in [5, 5.41) is 4.98. The molecular formula is C12H21ClN2O2. The van der Waals surface area contributed by atoms with Crippen molar-refractivity contribution < 1.29 is 9.59 Å². The van der Waals surface area contributed by atoms with Crippen molar-refractivity contribution in [1.82, 2.24) is 10.6 Å². The molecule has 1 fully saturated rings. The van der Waals surface area contributed by atoms with E-state index in [1.165, 1.54) is 6.42 Å². The number of hydrogen-bond acceptors (Lipinski definition) is 2. The van der Waals surface area contributed by atoms with E-state index in [9.17, 15) is 9.59 Å². The summed E-state index contributed by atoms with van der Waals surface area (Å²) < 4.78 is 0. The average molecular weight is 261 g/mol. The van der Waals surface area contributed by atoms with E-state index in [-0.39, 0.29) is 17.7 Å². The van der Waals surface area contributed by atoms with Gasteiger partial charge in [0.25, 0.3) is 0 Å². The second-order valence-electron chi connectivity index (χ2n) is 4.53. The molecule has 0 aromatic carbocycles. The number of hydrogen-bond donors (Lipinski definition) is 2. The molecule has 0 saturated heterocycles. The molecule has 2 amide bonds. The fraction of sp³-hybridized carbons (Fsp3) is 0.833. The lowest BCUT2D eigenvalue weighted by molar-refractivity contribution is -0.126. The predicted molar refractivity (Wildman–Crippen MR) is 67.9 cm³/mol. The van der Waals surface area contributed by atoms with E-state index in [2.05, 4.69) is 10.6 Å². The van der Waals surface area contributed by atoms with Crippen LogP contribution in [-0.4, -0.2) is 30.3 Å². The first-order chi connectivity index (χ1) is 8.11. The van der Waals surface area contributed by atoms with Crippen molar-refractivity contribution in [2.24, 2.45) is 5.92 Å². The molecule has 1 aliphatic rings. The van der Waals surface area contributed by atoms with Crippen LogP contribution >= 0.6 is 11.6 Å². The van der Waals surface area contributed by atoms with Crippen molar-refractivity contribution in [2.75, 3.05) is 13.1 Å². The van der Waals surface area contributed by atoms with Gasteiger partial charge in [-0.25, -0.2) is 0 Å². The highest BCUT2D eigenvalue weighted by Crippen LogP contribution is 2.23. The van der Waals surface area contributed by atoms with Gasteiger partial charge in [0, 0.05) is 19.0 Å². The molecule has 98 valence electrons. The Bertz CT molecular complexity index is 263. The molecule has 1 saturated carbocycles. The number of alkyl halides is 1. The highest BCUT2D eigenvalue weighted by molar-refractivity contribution is 6.30. The average Bonchev–Trinajstić information content (AvgIpc) is 2.35. The number of carbonyl (C=O) groups is 2. The van der Waals surface area contributed by atoms with Crippen LogP contribution in [0.15, 0.2) is 0 Å². The summed E-state index contributed by atoms with van der Waals surface area (Å²) in [5.41, 5.74) is 0. The van der Waals surface area contributed by atoms with Gasteiger partial charge in [-0.2, -0.15) is 0 Å². The second-order valence-corrected chi connectivity index (χ2v) is 5.19. The Morgan fingerprint density at radius 2 is 1.76 bits per heavy atom. The van der Waals surface area contributed by atoms with Gasteiger partial charge in [0.1, 0.15) is 5.38 Å². The molecular weight excluding hydrogens is 240 g/mol. The molecule has 0 aliphatic heterocycles. The van der Waals surface area contributed by atoms with Crippen molar-refractivity contribution in [3.8, 4) is 0 Å². The minimum atomic E-state index is -0.524. The lowest BCUT2D eigenvalue weighted by atomic mass is 9.89. The molecule has 1 rings (SSSR count). The maximum absolute atomic E-state index is 11.7. The lowest BCUT2D eigenvalue weighted by Crippen LogP contribution is -2.39. The van der Waals surface area contributed by atoms with E-state index in [1.54, 1.807) is 6.92 Å². The Morgan fingerprint density at radius 3 is 2.35 bits per heavy atom. The van der Waals surface area contributed by atoms with Gasteiger partial charge in [0.15, 0.2) is 0 Å². The molecule has 0 bridgehead atoms. The Morgan fingerprint density at radius 1 is 1.18 bits per heavy atom. The monoisotopic (exact) mass is 260 g/mol. The third kappa shape index (κ3) is 5.39. The smallest absolute Gasteiger partial charge is 0.237 e. The van der Waals surface area contributed by atoms with E-state index in [0.717, 1.165) is 25.7 Å². The van der Waals surface area contributed by atoms with E-state index in [0.29, 0.717) is 13.1 Å². The van der Waals surface area contributed by atoms with Crippen LogP contribution in [0.1, 0.15) is 39.0 Å². The highest BCUT2D eigenvalue weighted by atomic mass is 35.5. The first-order valence-electron chi connectivity index (χ1n) is 6.30. The minimum Gasteiger partial charge on any atom is -0.354 e. The first-order valence-corrected chi connectivity index (χ1v) is 6.74. The van der Waals surface area contributed by atoms with Gasteiger partial charge < -0.3 is 10.6 Å². The Hall–Kier alpha value is -0.770.